The molecule has 0 aromatic heterocycles. The van der Waals surface area contributed by atoms with Crippen LogP contribution in [0.25, 0.3) is 27.3 Å². The maximum atomic E-state index is 13.4. The van der Waals surface area contributed by atoms with Crippen LogP contribution < -0.4 is 28.4 Å². The molecule has 3 saturated heterocycles. The summed E-state index contributed by atoms with van der Waals surface area (Å²) in [6.45, 7) is 31.9. The van der Waals surface area contributed by atoms with E-state index >= 15 is 0 Å². The zero-order chi connectivity index (χ0) is 75.6. The van der Waals surface area contributed by atoms with E-state index in [0.717, 1.165) is 29.2 Å². The van der Waals surface area contributed by atoms with E-state index in [1.54, 1.807) is 86.6 Å². The molecule has 1 N–H and O–H groups in total. The molecule has 0 bridgehead atoms. The Morgan fingerprint density at radius 3 is 1.19 bits per heavy atom. The molecule has 3 fully saturated rings. The smallest absolute Gasteiger partial charge is 0.411 e. The molecule has 0 spiro atoms. The molecule has 24 heteroatoms. The summed E-state index contributed by atoms with van der Waals surface area (Å²) in [5, 5.41) is 11.6. The standard InChI is InChI=1S/2C27H33NO7.C15H14O3.C10H17NO4/c1-16(29)32-23-19-13-14-27(5,6)34-21(19)17-10-7-8-11-18(17)22(23)33-24(30)20-12-9-15-28(20)25(31)35-26(2,3)4;1-16(29)32-22-18-11-8-7-10-17(18)21-19(13-14-27(5,6)34-21)23(22)33-24(30)20-12-9-15-28(20)25(31)35-26(2,3)4;1-15(2)8-7-11-13(17)12(16)9-5-3-4-6-10(9)14(11)18-15;1-10(2,3)15-9(14)11-6-4-5-7(11)8(12)13/h2*7-8,10-11,20H,9,12-15H2,1-6H3;3-6H,7-8H2,1-2H3;7H,4-6H2,1-3H3,(H,12,13)/t;;;7-/m...0/s1. The van der Waals surface area contributed by atoms with Gasteiger partial charge in [-0.15, -0.1) is 0 Å². The number of carboxylic acids is 1. The summed E-state index contributed by atoms with van der Waals surface area (Å²) in [4.78, 5) is 127. The second-order valence-electron chi connectivity index (χ2n) is 31.5. The van der Waals surface area contributed by atoms with Gasteiger partial charge >= 0.3 is 48.1 Å². The number of likely N-dealkylation sites (tertiary alicyclic amines) is 3. The molecule has 0 radical (unpaired) electrons. The van der Waals surface area contributed by atoms with Gasteiger partial charge in [-0.25, -0.2) is 28.8 Å². The first-order valence-corrected chi connectivity index (χ1v) is 35.2. The van der Waals surface area contributed by atoms with Crippen molar-refractivity contribution in [3.05, 3.63) is 101 Å². The quantitative estimate of drug-likeness (QED) is 0.0685. The van der Waals surface area contributed by atoms with E-state index in [2.05, 4.69) is 0 Å². The molecule has 3 atom stereocenters. The molecule has 1 aliphatic carbocycles. The van der Waals surface area contributed by atoms with Gasteiger partial charge in [0.05, 0.1) is 0 Å². The predicted molar refractivity (Wildman–Crippen MR) is 380 cm³/mol. The van der Waals surface area contributed by atoms with E-state index < -0.39 is 100 Å². The lowest BCUT2D eigenvalue weighted by molar-refractivity contribution is -0.142. The minimum Gasteiger partial charge on any atom is -0.487 e. The van der Waals surface area contributed by atoms with Crippen molar-refractivity contribution < 1.29 is 100 Å². The molecule has 554 valence electrons. The van der Waals surface area contributed by atoms with Crippen LogP contribution in [0.4, 0.5) is 14.4 Å². The van der Waals surface area contributed by atoms with E-state index in [9.17, 15) is 47.9 Å². The number of esters is 4. The second kappa shape index (κ2) is 30.3. The van der Waals surface area contributed by atoms with Gasteiger partial charge in [0, 0.05) is 82.9 Å². The van der Waals surface area contributed by atoms with Crippen LogP contribution in [-0.4, -0.2) is 151 Å². The van der Waals surface area contributed by atoms with Crippen molar-refractivity contribution in [2.75, 3.05) is 19.6 Å². The van der Waals surface area contributed by atoms with Crippen molar-refractivity contribution >= 4 is 87.0 Å². The highest BCUT2D eigenvalue weighted by Gasteiger charge is 2.45. The highest BCUT2D eigenvalue weighted by Crippen LogP contribution is 2.53. The SMILES string of the molecule is CC(=O)Oc1c(OC(=O)C2CCCN2C(=O)OC(C)(C)C)c2c(c3ccccc13)OC(C)(C)CC2.CC(=O)Oc1c2c(c3ccccc3c1OC(=O)C1CCCN1C(=O)OC(C)(C)C)OC(C)(C)CC2.CC(C)(C)OC(=O)N1CCC[C@H]1C(=O)O.CC1(C)CCC2=C(O1)c1ccccc1C(=O)C2=O. The van der Waals surface area contributed by atoms with Crippen LogP contribution in [-0.2, 0) is 60.6 Å². The molecule has 0 saturated carbocycles. The molecule has 5 aromatic carbocycles. The first kappa shape index (κ1) is 77.4. The summed E-state index contributed by atoms with van der Waals surface area (Å²) in [5.41, 5.74) is 0.0953. The number of carbonyl (C=O) groups is 10. The molecule has 12 rings (SSSR count). The summed E-state index contributed by atoms with van der Waals surface area (Å²) in [6.07, 6.45) is 5.74. The van der Waals surface area contributed by atoms with Crippen molar-refractivity contribution in [3.8, 4) is 34.5 Å². The molecule has 7 aliphatic rings. The first-order valence-electron chi connectivity index (χ1n) is 35.2. The van der Waals surface area contributed by atoms with Gasteiger partial charge in [-0.05, 0) is 181 Å². The Morgan fingerprint density at radius 1 is 0.437 bits per heavy atom. The van der Waals surface area contributed by atoms with E-state index in [-0.39, 0.29) is 34.2 Å². The Morgan fingerprint density at radius 2 is 0.777 bits per heavy atom. The van der Waals surface area contributed by atoms with Crippen molar-refractivity contribution in [3.63, 3.8) is 0 Å². The lowest BCUT2D eigenvalue weighted by atomic mass is 9.82. The average molecular weight is 1420 g/mol. The van der Waals surface area contributed by atoms with Crippen LogP contribution in [0.1, 0.15) is 209 Å². The number of amides is 3. The zero-order valence-corrected chi connectivity index (χ0v) is 62.2. The third-order valence-electron chi connectivity index (χ3n) is 17.9. The molecular formula is C79H97N3O21. The number of allylic oxidation sites excluding steroid dienone is 1. The molecule has 3 amide bonds. The normalized spacial score (nSPS) is 19.8. The van der Waals surface area contributed by atoms with Gasteiger partial charge in [0.1, 0.15) is 69.0 Å². The highest BCUT2D eigenvalue weighted by atomic mass is 16.6. The molecule has 24 nitrogen and oxygen atoms in total. The summed E-state index contributed by atoms with van der Waals surface area (Å²) in [7, 11) is 0. The number of fused-ring (bicyclic) bond motifs is 8. The van der Waals surface area contributed by atoms with Gasteiger partial charge < -0.3 is 52.5 Å². The minimum atomic E-state index is -0.960. The number of Topliss-reactive ketones (excluding diaryl/α,β-unsaturated/α-hetero) is 2. The fourth-order valence-electron chi connectivity index (χ4n) is 13.2. The summed E-state index contributed by atoms with van der Waals surface area (Å²) in [5.74, 6) is -1.45. The van der Waals surface area contributed by atoms with Crippen LogP contribution in [0, 0.1) is 0 Å². The number of hydrogen-bond donors (Lipinski definition) is 1. The Balaban J connectivity index is 0.000000169. The Bertz CT molecular complexity index is 4220. The third-order valence-corrected chi connectivity index (χ3v) is 17.9. The highest BCUT2D eigenvalue weighted by molar-refractivity contribution is 6.52. The largest absolute Gasteiger partial charge is 0.487 e. The Kier molecular flexibility index (Phi) is 22.8. The van der Waals surface area contributed by atoms with E-state index in [4.69, 9.17) is 52.5 Å². The summed E-state index contributed by atoms with van der Waals surface area (Å²) >= 11 is 0. The second-order valence-corrected chi connectivity index (χ2v) is 31.5. The lowest BCUT2D eigenvalue weighted by Crippen LogP contribution is -2.45. The predicted octanol–water partition coefficient (Wildman–Crippen LogP) is 14.6. The molecule has 6 aliphatic heterocycles. The molecule has 6 heterocycles. The van der Waals surface area contributed by atoms with Crippen molar-refractivity contribution in [1.29, 1.82) is 0 Å². The number of benzene rings is 5. The number of carboxylic acid groups (broad SMARTS) is 1. The maximum Gasteiger partial charge on any atom is 0.411 e. The number of rotatable bonds is 7. The minimum absolute atomic E-state index is 0.166. The molecule has 5 aromatic rings. The van der Waals surface area contributed by atoms with Gasteiger partial charge in [-0.2, -0.15) is 0 Å². The van der Waals surface area contributed by atoms with Gasteiger partial charge in [0.15, 0.2) is 23.0 Å². The average Bonchev–Trinajstić information content (AvgIpc) is 1.06. The summed E-state index contributed by atoms with van der Waals surface area (Å²) in [6, 6.07) is 19.7. The zero-order valence-electron chi connectivity index (χ0n) is 62.2. The first-order chi connectivity index (χ1) is 48.0. The van der Waals surface area contributed by atoms with Crippen LogP contribution >= 0.6 is 0 Å². The van der Waals surface area contributed by atoms with Crippen molar-refractivity contribution in [2.45, 2.75) is 246 Å². The van der Waals surface area contributed by atoms with Crippen LogP contribution in [0.15, 0.2) is 78.4 Å². The monoisotopic (exact) mass is 1420 g/mol. The fourth-order valence-corrected chi connectivity index (χ4v) is 13.2. The fraction of sp³-hybridized carbons (Fsp3) is 0.519. The van der Waals surface area contributed by atoms with Crippen LogP contribution in [0.5, 0.6) is 34.5 Å². The number of nitrogens with zero attached hydrogens (tertiary/aromatic N) is 3. The number of ether oxygens (including phenoxy) is 10. The van der Waals surface area contributed by atoms with E-state index in [0.29, 0.717) is 134 Å². The van der Waals surface area contributed by atoms with Gasteiger partial charge in [0.25, 0.3) is 0 Å². The Hall–Kier alpha value is -9.74. The molecule has 103 heavy (non-hydrogen) atoms. The van der Waals surface area contributed by atoms with Gasteiger partial charge in [0.2, 0.25) is 11.6 Å². The number of carbonyl (C=O) groups excluding carboxylic acids is 9. The van der Waals surface area contributed by atoms with Crippen molar-refractivity contribution in [1.82, 2.24) is 14.7 Å². The molecule has 2 unspecified atom stereocenters. The topological polar surface area (TPSA) is 293 Å². The number of aliphatic carboxylic acids is 1. The maximum absolute atomic E-state index is 13.4. The summed E-state index contributed by atoms with van der Waals surface area (Å²) < 4.78 is 57.8. The molecular weight excluding hydrogens is 1330 g/mol. The van der Waals surface area contributed by atoms with E-state index in [1.807, 2.05) is 90.1 Å². The van der Waals surface area contributed by atoms with Gasteiger partial charge in [-0.3, -0.25) is 33.9 Å². The van der Waals surface area contributed by atoms with Crippen molar-refractivity contribution in [2.24, 2.45) is 0 Å². The van der Waals surface area contributed by atoms with E-state index in [1.165, 1.54) is 28.5 Å². The number of hydrogen-bond acceptors (Lipinski definition) is 20. The Labute approximate surface area is 600 Å². The third kappa shape index (κ3) is 18.6. The van der Waals surface area contributed by atoms with Crippen LogP contribution in [0.3, 0.4) is 0 Å². The van der Waals surface area contributed by atoms with Crippen LogP contribution in [0.2, 0.25) is 0 Å². The lowest BCUT2D eigenvalue weighted by Gasteiger charge is -2.36. The number of ketones is 2. The van der Waals surface area contributed by atoms with Gasteiger partial charge in [-0.1, -0.05) is 72.8 Å².